The topological polar surface area (TPSA) is 41.1 Å². The van der Waals surface area contributed by atoms with Gasteiger partial charge in [-0.25, -0.2) is 0 Å². The van der Waals surface area contributed by atoms with Crippen LogP contribution in [0, 0.1) is 11.8 Å². The van der Waals surface area contributed by atoms with Crippen LogP contribution in [0.3, 0.4) is 0 Å². The Hall–Kier alpha value is -0.570. The fourth-order valence-corrected chi connectivity index (χ4v) is 2.03. The maximum atomic E-state index is 11.5. The van der Waals surface area contributed by atoms with Crippen molar-refractivity contribution in [1.82, 2.24) is 10.6 Å². The third-order valence-electron chi connectivity index (χ3n) is 3.64. The average molecular weight is 224 g/mol. The van der Waals surface area contributed by atoms with Crippen molar-refractivity contribution in [2.45, 2.75) is 51.5 Å². The van der Waals surface area contributed by atoms with E-state index >= 15 is 0 Å². The van der Waals surface area contributed by atoms with Crippen LogP contribution < -0.4 is 10.6 Å². The second-order valence-corrected chi connectivity index (χ2v) is 5.41. The molecule has 1 atom stereocenters. The lowest BCUT2D eigenvalue weighted by Gasteiger charge is -2.16. The SMILES string of the molecule is CCC(CC1CC1)NCC(=O)NCC1CC1. The summed E-state index contributed by atoms with van der Waals surface area (Å²) in [4.78, 5) is 11.5. The van der Waals surface area contributed by atoms with Crippen molar-refractivity contribution in [3.63, 3.8) is 0 Å². The number of nitrogens with one attached hydrogen (secondary N) is 2. The van der Waals surface area contributed by atoms with Crippen molar-refractivity contribution < 1.29 is 4.79 Å². The molecule has 1 unspecified atom stereocenters. The lowest BCUT2D eigenvalue weighted by Crippen LogP contribution is -2.39. The van der Waals surface area contributed by atoms with Crippen molar-refractivity contribution in [3.8, 4) is 0 Å². The summed E-state index contributed by atoms with van der Waals surface area (Å²) in [5.41, 5.74) is 0. The minimum absolute atomic E-state index is 0.168. The number of carbonyl (C=O) groups is 1. The normalized spacial score (nSPS) is 21.8. The van der Waals surface area contributed by atoms with Crippen molar-refractivity contribution >= 4 is 5.91 Å². The van der Waals surface area contributed by atoms with Crippen molar-refractivity contribution in [2.75, 3.05) is 13.1 Å². The fraction of sp³-hybridized carbons (Fsp3) is 0.923. The molecule has 2 aliphatic carbocycles. The highest BCUT2D eigenvalue weighted by atomic mass is 16.1. The van der Waals surface area contributed by atoms with E-state index in [2.05, 4.69) is 17.6 Å². The molecule has 0 radical (unpaired) electrons. The fourth-order valence-electron chi connectivity index (χ4n) is 2.03. The van der Waals surface area contributed by atoms with E-state index < -0.39 is 0 Å². The lowest BCUT2D eigenvalue weighted by molar-refractivity contribution is -0.120. The Labute approximate surface area is 98.4 Å². The van der Waals surface area contributed by atoms with Gasteiger partial charge in [-0.2, -0.15) is 0 Å². The van der Waals surface area contributed by atoms with Gasteiger partial charge in [-0.3, -0.25) is 4.79 Å². The summed E-state index contributed by atoms with van der Waals surface area (Å²) in [5.74, 6) is 1.88. The third-order valence-corrected chi connectivity index (χ3v) is 3.64. The van der Waals surface area contributed by atoms with E-state index in [0.29, 0.717) is 12.6 Å². The number of carbonyl (C=O) groups excluding carboxylic acids is 1. The Balaban J connectivity index is 1.54. The van der Waals surface area contributed by atoms with Crippen LogP contribution in [0.25, 0.3) is 0 Å². The maximum Gasteiger partial charge on any atom is 0.233 e. The van der Waals surface area contributed by atoms with E-state index in [0.717, 1.165) is 24.8 Å². The molecule has 3 heteroatoms. The number of amides is 1. The smallest absolute Gasteiger partial charge is 0.233 e. The van der Waals surface area contributed by atoms with Gasteiger partial charge in [0.1, 0.15) is 0 Å². The van der Waals surface area contributed by atoms with Crippen molar-refractivity contribution in [1.29, 1.82) is 0 Å². The van der Waals surface area contributed by atoms with Gasteiger partial charge >= 0.3 is 0 Å². The van der Waals surface area contributed by atoms with Gasteiger partial charge in [-0.15, -0.1) is 0 Å². The Morgan fingerprint density at radius 3 is 2.50 bits per heavy atom. The Bertz CT molecular complexity index is 234. The van der Waals surface area contributed by atoms with Gasteiger partial charge in [0.2, 0.25) is 5.91 Å². The molecular formula is C13H24N2O. The zero-order chi connectivity index (χ0) is 11.4. The lowest BCUT2D eigenvalue weighted by atomic mass is 10.1. The molecule has 16 heavy (non-hydrogen) atoms. The third kappa shape index (κ3) is 4.52. The molecule has 2 saturated carbocycles. The second kappa shape index (κ2) is 5.67. The van der Waals surface area contributed by atoms with E-state index in [-0.39, 0.29) is 5.91 Å². The van der Waals surface area contributed by atoms with Crippen LogP contribution >= 0.6 is 0 Å². The molecule has 0 heterocycles. The van der Waals surface area contributed by atoms with E-state index in [9.17, 15) is 4.79 Å². The van der Waals surface area contributed by atoms with Gasteiger partial charge in [0.15, 0.2) is 0 Å². The van der Waals surface area contributed by atoms with E-state index in [4.69, 9.17) is 0 Å². The molecule has 3 nitrogen and oxygen atoms in total. The molecule has 2 aliphatic rings. The van der Waals surface area contributed by atoms with Crippen LogP contribution in [0.15, 0.2) is 0 Å². The summed E-state index contributed by atoms with van der Waals surface area (Å²) in [5, 5.41) is 6.36. The zero-order valence-electron chi connectivity index (χ0n) is 10.3. The second-order valence-electron chi connectivity index (χ2n) is 5.41. The summed E-state index contributed by atoms with van der Waals surface area (Å²) in [6, 6.07) is 0.541. The minimum Gasteiger partial charge on any atom is -0.355 e. The molecular weight excluding hydrogens is 200 g/mol. The first-order valence-electron chi connectivity index (χ1n) is 6.78. The Morgan fingerprint density at radius 2 is 1.94 bits per heavy atom. The molecule has 0 aliphatic heterocycles. The molecule has 0 spiro atoms. The standard InChI is InChI=1S/C13H24N2O/c1-2-12(7-10-3-4-10)14-9-13(16)15-8-11-5-6-11/h10-12,14H,2-9H2,1H3,(H,15,16). The van der Waals surface area contributed by atoms with Crippen molar-refractivity contribution in [2.24, 2.45) is 11.8 Å². The quantitative estimate of drug-likeness (QED) is 0.658. The first-order chi connectivity index (χ1) is 7.78. The number of rotatable bonds is 8. The van der Waals surface area contributed by atoms with E-state index in [1.807, 2.05) is 0 Å². The highest BCUT2D eigenvalue weighted by Crippen LogP contribution is 2.33. The summed E-state index contributed by atoms with van der Waals surface area (Å²) < 4.78 is 0. The molecule has 0 saturated heterocycles. The van der Waals surface area contributed by atoms with Crippen molar-refractivity contribution in [3.05, 3.63) is 0 Å². The summed E-state index contributed by atoms with van der Waals surface area (Å²) in [6.45, 7) is 3.58. The predicted octanol–water partition coefficient (Wildman–Crippen LogP) is 1.68. The van der Waals surface area contributed by atoms with Crippen LogP contribution in [-0.4, -0.2) is 25.0 Å². The van der Waals surface area contributed by atoms with E-state index in [1.165, 1.54) is 32.1 Å². The molecule has 2 N–H and O–H groups in total. The average Bonchev–Trinajstić information content (AvgIpc) is 3.15. The molecule has 1 amide bonds. The highest BCUT2D eigenvalue weighted by Gasteiger charge is 2.25. The largest absolute Gasteiger partial charge is 0.355 e. The van der Waals surface area contributed by atoms with Crippen LogP contribution in [0.1, 0.15) is 45.4 Å². The van der Waals surface area contributed by atoms with Gasteiger partial charge in [0, 0.05) is 12.6 Å². The van der Waals surface area contributed by atoms with Crippen LogP contribution in [-0.2, 0) is 4.79 Å². The van der Waals surface area contributed by atoms with Gasteiger partial charge in [0.05, 0.1) is 6.54 Å². The minimum atomic E-state index is 0.168. The molecule has 0 bridgehead atoms. The monoisotopic (exact) mass is 224 g/mol. The van der Waals surface area contributed by atoms with Gasteiger partial charge in [-0.05, 0) is 37.5 Å². The molecule has 0 aromatic rings. The van der Waals surface area contributed by atoms with Crippen LogP contribution in [0.5, 0.6) is 0 Å². The first-order valence-corrected chi connectivity index (χ1v) is 6.78. The van der Waals surface area contributed by atoms with Gasteiger partial charge < -0.3 is 10.6 Å². The molecule has 92 valence electrons. The number of hydrogen-bond donors (Lipinski definition) is 2. The molecule has 2 rings (SSSR count). The first kappa shape index (κ1) is 11.9. The van der Waals surface area contributed by atoms with E-state index in [1.54, 1.807) is 0 Å². The number of hydrogen-bond acceptors (Lipinski definition) is 2. The van der Waals surface area contributed by atoms with Crippen LogP contribution in [0.4, 0.5) is 0 Å². The summed E-state index contributed by atoms with van der Waals surface area (Å²) in [6.07, 6.45) is 7.77. The van der Waals surface area contributed by atoms with Crippen LogP contribution in [0.2, 0.25) is 0 Å². The summed E-state index contributed by atoms with van der Waals surface area (Å²) >= 11 is 0. The summed E-state index contributed by atoms with van der Waals surface area (Å²) in [7, 11) is 0. The Kier molecular flexibility index (Phi) is 4.22. The van der Waals surface area contributed by atoms with Gasteiger partial charge in [0.25, 0.3) is 0 Å². The predicted molar refractivity (Wildman–Crippen MR) is 65.2 cm³/mol. The highest BCUT2D eigenvalue weighted by molar-refractivity contribution is 5.78. The Morgan fingerprint density at radius 1 is 1.25 bits per heavy atom. The molecule has 0 aromatic carbocycles. The maximum absolute atomic E-state index is 11.5. The van der Waals surface area contributed by atoms with Gasteiger partial charge in [-0.1, -0.05) is 19.8 Å². The zero-order valence-corrected chi connectivity index (χ0v) is 10.3. The molecule has 0 aromatic heterocycles. The molecule has 2 fully saturated rings.